The lowest BCUT2D eigenvalue weighted by molar-refractivity contribution is 0.647. The fraction of sp³-hybridized carbons (Fsp3) is 0.545. The third-order valence-corrected chi connectivity index (χ3v) is 3.16. The van der Waals surface area contributed by atoms with Gasteiger partial charge in [-0.05, 0) is 32.9 Å². The summed E-state index contributed by atoms with van der Waals surface area (Å²) in [6.45, 7) is 6.94. The lowest BCUT2D eigenvalue weighted by Crippen LogP contribution is -2.46. The highest BCUT2D eigenvalue weighted by Gasteiger charge is 2.06. The molecule has 1 heterocycles. The zero-order valence-corrected chi connectivity index (χ0v) is 10.9. The molecule has 1 atom stereocenters. The van der Waals surface area contributed by atoms with Gasteiger partial charge in [-0.2, -0.15) is 0 Å². The van der Waals surface area contributed by atoms with Gasteiger partial charge >= 0.3 is 0 Å². The van der Waals surface area contributed by atoms with Crippen molar-refractivity contribution in [2.75, 3.05) is 6.54 Å². The number of nitrogens with zero attached hydrogens (tertiary/aromatic N) is 1. The van der Waals surface area contributed by atoms with Crippen molar-refractivity contribution < 1.29 is 0 Å². The van der Waals surface area contributed by atoms with Crippen LogP contribution in [0.25, 0.3) is 0 Å². The predicted octanol–water partition coefficient (Wildman–Crippen LogP) is 1.42. The Balaban J connectivity index is 2.46. The molecule has 4 nitrogen and oxygen atoms in total. The number of rotatable bonds is 4. The summed E-state index contributed by atoms with van der Waals surface area (Å²) in [5, 5.41) is 3.25. The average molecular weight is 240 g/mol. The maximum Gasteiger partial charge on any atom is 0.205 e. The van der Waals surface area contributed by atoms with Crippen molar-refractivity contribution >= 4 is 17.3 Å². The third kappa shape index (κ3) is 4.20. The summed E-state index contributed by atoms with van der Waals surface area (Å²) in [6, 6.07) is 4.64. The molecule has 16 heavy (non-hydrogen) atoms. The Morgan fingerprint density at radius 1 is 1.56 bits per heavy atom. The fourth-order valence-corrected chi connectivity index (χ4v) is 2.49. The quantitative estimate of drug-likeness (QED) is 0.323. The average Bonchev–Trinajstić information content (AvgIpc) is 2.63. The second-order valence-electron chi connectivity index (χ2n) is 3.73. The van der Waals surface area contributed by atoms with E-state index in [9.17, 15) is 0 Å². The zero-order valence-electron chi connectivity index (χ0n) is 10.1. The van der Waals surface area contributed by atoms with Crippen molar-refractivity contribution in [3.05, 3.63) is 21.9 Å². The third-order valence-electron chi connectivity index (χ3n) is 2.14. The molecule has 0 saturated carbocycles. The van der Waals surface area contributed by atoms with E-state index in [0.717, 1.165) is 13.0 Å². The summed E-state index contributed by atoms with van der Waals surface area (Å²) < 4.78 is 0. The fourth-order valence-electron chi connectivity index (χ4n) is 1.47. The molecule has 0 aliphatic heterocycles. The van der Waals surface area contributed by atoms with E-state index in [4.69, 9.17) is 5.84 Å². The maximum absolute atomic E-state index is 5.36. The van der Waals surface area contributed by atoms with E-state index in [1.54, 1.807) is 0 Å². The van der Waals surface area contributed by atoms with Gasteiger partial charge in [-0.25, -0.2) is 5.84 Å². The Morgan fingerprint density at radius 2 is 2.31 bits per heavy atom. The van der Waals surface area contributed by atoms with Crippen LogP contribution in [0, 0.1) is 6.92 Å². The minimum absolute atomic E-state index is 0.319. The highest BCUT2D eigenvalue weighted by Crippen LogP contribution is 2.16. The zero-order chi connectivity index (χ0) is 12.0. The van der Waals surface area contributed by atoms with E-state index in [1.165, 1.54) is 9.75 Å². The molecular formula is C11H20N4S. The lowest BCUT2D eigenvalue weighted by Gasteiger charge is -2.15. The summed E-state index contributed by atoms with van der Waals surface area (Å²) >= 11 is 1.83. The molecule has 0 amide bonds. The number of nitrogens with two attached hydrogens (primary N) is 1. The second kappa shape index (κ2) is 6.50. The van der Waals surface area contributed by atoms with Gasteiger partial charge in [0.15, 0.2) is 0 Å². The second-order valence-corrected chi connectivity index (χ2v) is 5.10. The first-order valence-corrected chi connectivity index (χ1v) is 6.30. The number of hydrogen-bond acceptors (Lipinski definition) is 3. The summed E-state index contributed by atoms with van der Waals surface area (Å²) in [5.74, 6) is 6.02. The maximum atomic E-state index is 5.36. The van der Waals surface area contributed by atoms with Gasteiger partial charge in [0.1, 0.15) is 0 Å². The van der Waals surface area contributed by atoms with Gasteiger partial charge in [-0.15, -0.1) is 11.3 Å². The number of hydrazine groups is 1. The van der Waals surface area contributed by atoms with E-state index in [0.29, 0.717) is 12.0 Å². The number of hydrogen-bond donors (Lipinski definition) is 3. The topological polar surface area (TPSA) is 62.4 Å². The van der Waals surface area contributed by atoms with E-state index >= 15 is 0 Å². The lowest BCUT2D eigenvalue weighted by atomic mass is 10.2. The molecule has 90 valence electrons. The van der Waals surface area contributed by atoms with Crippen molar-refractivity contribution in [1.29, 1.82) is 0 Å². The first-order valence-electron chi connectivity index (χ1n) is 5.48. The molecule has 1 rings (SSSR count). The van der Waals surface area contributed by atoms with Gasteiger partial charge in [0.05, 0.1) is 0 Å². The number of aryl methyl sites for hydroxylation is 1. The molecular weight excluding hydrogens is 220 g/mol. The minimum Gasteiger partial charge on any atom is -0.353 e. The number of guanidine groups is 1. The van der Waals surface area contributed by atoms with E-state index in [2.05, 4.69) is 41.7 Å². The van der Waals surface area contributed by atoms with Crippen LogP contribution < -0.4 is 16.6 Å². The molecule has 0 saturated heterocycles. The summed E-state index contributed by atoms with van der Waals surface area (Å²) in [4.78, 5) is 6.93. The SMILES string of the molecule is CCN=C(NN)NC(C)Cc1ccc(C)s1. The standard InChI is InChI=1S/C11H20N4S/c1-4-13-11(15-12)14-8(2)7-10-6-5-9(3)16-10/h5-6,8H,4,7,12H2,1-3H3,(H2,13,14,15). The molecule has 0 aromatic carbocycles. The molecule has 1 aromatic heterocycles. The molecule has 0 spiro atoms. The monoisotopic (exact) mass is 240 g/mol. The summed E-state index contributed by atoms with van der Waals surface area (Å²) in [5.41, 5.74) is 2.57. The van der Waals surface area contributed by atoms with Crippen molar-refractivity contribution in [2.45, 2.75) is 33.2 Å². The number of nitrogens with one attached hydrogen (secondary N) is 2. The molecule has 0 radical (unpaired) electrons. The van der Waals surface area contributed by atoms with Crippen LogP contribution >= 0.6 is 11.3 Å². The highest BCUT2D eigenvalue weighted by atomic mass is 32.1. The Morgan fingerprint density at radius 3 is 2.81 bits per heavy atom. The van der Waals surface area contributed by atoms with Crippen LogP contribution in [0.3, 0.4) is 0 Å². The van der Waals surface area contributed by atoms with Crippen molar-refractivity contribution in [3.63, 3.8) is 0 Å². The van der Waals surface area contributed by atoms with Gasteiger partial charge in [0.25, 0.3) is 0 Å². The minimum atomic E-state index is 0.319. The smallest absolute Gasteiger partial charge is 0.205 e. The van der Waals surface area contributed by atoms with Crippen LogP contribution in [0.5, 0.6) is 0 Å². The van der Waals surface area contributed by atoms with Gasteiger partial charge in [0, 0.05) is 28.8 Å². The van der Waals surface area contributed by atoms with Gasteiger partial charge < -0.3 is 5.32 Å². The van der Waals surface area contributed by atoms with Crippen molar-refractivity contribution in [2.24, 2.45) is 10.8 Å². The molecule has 1 unspecified atom stereocenters. The molecule has 4 N–H and O–H groups in total. The predicted molar refractivity (Wildman–Crippen MR) is 70.7 cm³/mol. The van der Waals surface area contributed by atoms with Crippen LogP contribution in [0.4, 0.5) is 0 Å². The Kier molecular flexibility index (Phi) is 5.28. The van der Waals surface area contributed by atoms with E-state index < -0.39 is 0 Å². The number of thiophene rings is 1. The largest absolute Gasteiger partial charge is 0.353 e. The Bertz CT molecular complexity index is 346. The van der Waals surface area contributed by atoms with Crippen molar-refractivity contribution in [1.82, 2.24) is 10.7 Å². The van der Waals surface area contributed by atoms with Crippen LogP contribution in [0.2, 0.25) is 0 Å². The van der Waals surface area contributed by atoms with Gasteiger partial charge in [0.2, 0.25) is 5.96 Å². The molecule has 1 aromatic rings. The first-order chi connectivity index (χ1) is 7.65. The summed E-state index contributed by atoms with van der Waals surface area (Å²) in [6.07, 6.45) is 0.989. The van der Waals surface area contributed by atoms with Crippen LogP contribution in [-0.2, 0) is 6.42 Å². The normalized spacial score (nSPS) is 13.6. The molecule has 0 aliphatic carbocycles. The van der Waals surface area contributed by atoms with Crippen molar-refractivity contribution in [3.8, 4) is 0 Å². The van der Waals surface area contributed by atoms with Crippen LogP contribution in [-0.4, -0.2) is 18.5 Å². The highest BCUT2D eigenvalue weighted by molar-refractivity contribution is 7.11. The van der Waals surface area contributed by atoms with Crippen LogP contribution in [0.15, 0.2) is 17.1 Å². The van der Waals surface area contributed by atoms with E-state index in [1.807, 2.05) is 18.3 Å². The van der Waals surface area contributed by atoms with E-state index in [-0.39, 0.29) is 0 Å². The first kappa shape index (κ1) is 13.0. The molecule has 0 aliphatic rings. The van der Waals surface area contributed by atoms with Crippen LogP contribution in [0.1, 0.15) is 23.6 Å². The molecule has 5 heteroatoms. The Hall–Kier alpha value is -1.07. The van der Waals surface area contributed by atoms with Gasteiger partial charge in [-0.1, -0.05) is 0 Å². The molecule has 0 bridgehead atoms. The summed E-state index contributed by atoms with van der Waals surface area (Å²) in [7, 11) is 0. The number of aliphatic imine (C=N–C) groups is 1. The molecule has 0 fully saturated rings. The Labute approximate surface area is 101 Å². The van der Waals surface area contributed by atoms with Gasteiger partial charge in [-0.3, -0.25) is 10.4 Å².